The Morgan fingerprint density at radius 1 is 1.24 bits per heavy atom. The first kappa shape index (κ1) is 21.1. The Bertz CT molecular complexity index is 1290. The number of hydrogen-bond acceptors (Lipinski definition) is 7. The number of fused-ring (bicyclic) bond motifs is 2. The van der Waals surface area contributed by atoms with Gasteiger partial charge in [-0.25, -0.2) is 9.97 Å². The summed E-state index contributed by atoms with van der Waals surface area (Å²) in [4.78, 5) is 30.0. The fourth-order valence-corrected chi connectivity index (χ4v) is 4.45. The maximum atomic E-state index is 12.9. The fourth-order valence-electron chi connectivity index (χ4n) is 4.45. The lowest BCUT2D eigenvalue weighted by Crippen LogP contribution is -2.35. The van der Waals surface area contributed by atoms with Crippen molar-refractivity contribution in [1.29, 1.82) is 0 Å². The minimum absolute atomic E-state index is 0.0969. The largest absolute Gasteiger partial charge is 0.491 e. The lowest BCUT2D eigenvalue weighted by Gasteiger charge is -2.27. The molecule has 0 N–H and O–H groups in total. The van der Waals surface area contributed by atoms with E-state index in [2.05, 4.69) is 31.9 Å². The van der Waals surface area contributed by atoms with Crippen molar-refractivity contribution in [3.63, 3.8) is 0 Å². The molecule has 1 saturated heterocycles. The molecule has 170 valence electrons. The minimum Gasteiger partial charge on any atom is -0.491 e. The highest BCUT2D eigenvalue weighted by Gasteiger charge is 2.28. The maximum Gasteiger partial charge on any atom is 0.272 e. The molecule has 1 aliphatic heterocycles. The Morgan fingerprint density at radius 3 is 3.00 bits per heavy atom. The molecule has 3 aromatic heterocycles. The highest BCUT2D eigenvalue weighted by molar-refractivity contribution is 5.96. The molecule has 1 atom stereocenters. The molecule has 9 nitrogen and oxygen atoms in total. The molecule has 1 aliphatic rings. The van der Waals surface area contributed by atoms with Gasteiger partial charge in [0.1, 0.15) is 30.2 Å². The third-order valence-corrected chi connectivity index (χ3v) is 6.07. The second-order valence-electron chi connectivity index (χ2n) is 8.32. The van der Waals surface area contributed by atoms with Crippen molar-refractivity contribution in [2.24, 2.45) is 0 Å². The molecule has 1 aromatic carbocycles. The van der Waals surface area contributed by atoms with Crippen LogP contribution in [0.3, 0.4) is 0 Å². The lowest BCUT2D eigenvalue weighted by atomic mass is 10.1. The van der Waals surface area contributed by atoms with E-state index in [-0.39, 0.29) is 11.9 Å². The monoisotopic (exact) mass is 445 g/mol. The van der Waals surface area contributed by atoms with Crippen LogP contribution in [0.25, 0.3) is 16.7 Å². The number of carbonyl (C=O) groups excluding carboxylic acids is 1. The Labute approximate surface area is 192 Å². The molecule has 33 heavy (non-hydrogen) atoms. The average molecular weight is 446 g/mol. The zero-order chi connectivity index (χ0) is 22.8. The summed E-state index contributed by atoms with van der Waals surface area (Å²) in [5.74, 6) is 2.13. The van der Waals surface area contributed by atoms with Gasteiger partial charge in [0, 0.05) is 37.8 Å². The molecule has 5 rings (SSSR count). The van der Waals surface area contributed by atoms with Gasteiger partial charge in [-0.05, 0) is 37.5 Å². The number of benzene rings is 1. The second kappa shape index (κ2) is 9.01. The number of amides is 1. The molecule has 0 bridgehead atoms. The highest BCUT2D eigenvalue weighted by atomic mass is 16.5. The SMILES string of the molecule is CCCN(C)C(=O)c1cc(OCC2CCCN2c2ccnc3ncnn23)c2ccccc2n1. The normalized spacial score (nSPS) is 15.9. The van der Waals surface area contributed by atoms with E-state index in [4.69, 9.17) is 4.74 Å². The number of aromatic nitrogens is 5. The standard InChI is InChI=1S/C24H27N7O2/c1-3-12-29(2)23(32)20-14-21(18-8-4-5-9-19(18)28-20)33-15-17-7-6-13-30(17)22-10-11-25-24-26-16-27-31(22)24/h4-5,8-11,14,16-17H,3,6-7,12-13,15H2,1-2H3. The smallest absolute Gasteiger partial charge is 0.272 e. The Balaban J connectivity index is 1.42. The molecule has 1 amide bonds. The van der Waals surface area contributed by atoms with Crippen LogP contribution in [0.4, 0.5) is 5.82 Å². The first-order chi connectivity index (χ1) is 16.2. The van der Waals surface area contributed by atoms with Crippen molar-refractivity contribution in [3.8, 4) is 5.75 Å². The van der Waals surface area contributed by atoms with Crippen molar-refractivity contribution in [3.05, 3.63) is 54.6 Å². The van der Waals surface area contributed by atoms with Gasteiger partial charge in [-0.3, -0.25) is 4.79 Å². The van der Waals surface area contributed by atoms with Crippen molar-refractivity contribution in [2.75, 3.05) is 31.6 Å². The van der Waals surface area contributed by atoms with E-state index in [9.17, 15) is 4.79 Å². The number of carbonyl (C=O) groups is 1. The number of para-hydroxylation sites is 1. The number of anilines is 1. The van der Waals surface area contributed by atoms with Crippen LogP contribution in [-0.2, 0) is 0 Å². The van der Waals surface area contributed by atoms with Crippen LogP contribution in [0.2, 0.25) is 0 Å². The molecular formula is C24H27N7O2. The van der Waals surface area contributed by atoms with Crippen LogP contribution in [0, 0.1) is 0 Å². The summed E-state index contributed by atoms with van der Waals surface area (Å²) in [5.41, 5.74) is 1.16. The lowest BCUT2D eigenvalue weighted by molar-refractivity contribution is 0.0789. The van der Waals surface area contributed by atoms with Crippen molar-refractivity contribution >= 4 is 28.4 Å². The quantitative estimate of drug-likeness (QED) is 0.432. The molecule has 1 fully saturated rings. The fraction of sp³-hybridized carbons (Fsp3) is 0.375. The van der Waals surface area contributed by atoms with Crippen molar-refractivity contribution in [1.82, 2.24) is 29.5 Å². The van der Waals surface area contributed by atoms with Gasteiger partial charge in [0.15, 0.2) is 0 Å². The highest BCUT2D eigenvalue weighted by Crippen LogP contribution is 2.29. The Kier molecular flexibility index (Phi) is 5.77. The number of ether oxygens (including phenoxy) is 1. The van der Waals surface area contributed by atoms with E-state index in [1.165, 1.54) is 6.33 Å². The molecule has 0 spiro atoms. The van der Waals surface area contributed by atoms with E-state index >= 15 is 0 Å². The summed E-state index contributed by atoms with van der Waals surface area (Å²) in [6.07, 6.45) is 6.24. The van der Waals surface area contributed by atoms with Gasteiger partial charge in [0.25, 0.3) is 11.7 Å². The predicted molar refractivity (Wildman–Crippen MR) is 126 cm³/mol. The summed E-state index contributed by atoms with van der Waals surface area (Å²) in [5, 5.41) is 5.23. The van der Waals surface area contributed by atoms with Gasteiger partial charge in [-0.15, -0.1) is 0 Å². The third kappa shape index (κ3) is 4.06. The van der Waals surface area contributed by atoms with Gasteiger partial charge in [0.05, 0.1) is 11.6 Å². The van der Waals surface area contributed by atoms with Crippen LogP contribution < -0.4 is 9.64 Å². The number of pyridine rings is 1. The third-order valence-electron chi connectivity index (χ3n) is 6.07. The van der Waals surface area contributed by atoms with Crippen LogP contribution in [0.15, 0.2) is 48.9 Å². The van der Waals surface area contributed by atoms with Gasteiger partial charge in [-0.2, -0.15) is 14.6 Å². The summed E-state index contributed by atoms with van der Waals surface area (Å²) in [6.45, 7) is 4.14. The Hall–Kier alpha value is -3.75. The summed E-state index contributed by atoms with van der Waals surface area (Å²) >= 11 is 0. The Morgan fingerprint density at radius 2 is 2.12 bits per heavy atom. The van der Waals surface area contributed by atoms with Gasteiger partial charge in [0.2, 0.25) is 0 Å². The number of rotatable bonds is 7. The molecular weight excluding hydrogens is 418 g/mol. The van der Waals surface area contributed by atoms with E-state index in [0.29, 0.717) is 30.4 Å². The molecule has 9 heteroatoms. The zero-order valence-corrected chi connectivity index (χ0v) is 18.9. The van der Waals surface area contributed by atoms with Gasteiger partial charge >= 0.3 is 0 Å². The summed E-state index contributed by atoms with van der Waals surface area (Å²) < 4.78 is 8.13. The first-order valence-electron chi connectivity index (χ1n) is 11.3. The van der Waals surface area contributed by atoms with Crippen LogP contribution >= 0.6 is 0 Å². The molecule has 0 aliphatic carbocycles. The minimum atomic E-state index is -0.0969. The van der Waals surface area contributed by atoms with Crippen LogP contribution in [0.1, 0.15) is 36.7 Å². The van der Waals surface area contributed by atoms with Gasteiger partial charge in [-0.1, -0.05) is 19.1 Å². The second-order valence-corrected chi connectivity index (χ2v) is 8.32. The molecule has 1 unspecified atom stereocenters. The number of nitrogens with zero attached hydrogens (tertiary/aromatic N) is 7. The number of hydrogen-bond donors (Lipinski definition) is 0. The summed E-state index contributed by atoms with van der Waals surface area (Å²) in [7, 11) is 1.80. The molecule has 4 aromatic rings. The van der Waals surface area contributed by atoms with E-state index < -0.39 is 0 Å². The predicted octanol–water partition coefficient (Wildman–Crippen LogP) is 3.20. The van der Waals surface area contributed by atoms with Crippen LogP contribution in [-0.4, -0.2) is 68.2 Å². The topological polar surface area (TPSA) is 88.8 Å². The molecule has 0 saturated carbocycles. The summed E-state index contributed by atoms with van der Waals surface area (Å²) in [6, 6.07) is 11.7. The first-order valence-corrected chi connectivity index (χ1v) is 11.3. The zero-order valence-electron chi connectivity index (χ0n) is 18.9. The molecule has 4 heterocycles. The van der Waals surface area contributed by atoms with E-state index in [1.54, 1.807) is 28.7 Å². The van der Waals surface area contributed by atoms with Gasteiger partial charge < -0.3 is 14.5 Å². The molecule has 0 radical (unpaired) electrons. The maximum absolute atomic E-state index is 12.9. The average Bonchev–Trinajstić information content (AvgIpc) is 3.51. The van der Waals surface area contributed by atoms with Crippen LogP contribution in [0.5, 0.6) is 5.75 Å². The van der Waals surface area contributed by atoms with E-state index in [0.717, 1.165) is 42.5 Å². The van der Waals surface area contributed by atoms with Crippen molar-refractivity contribution < 1.29 is 9.53 Å². The van der Waals surface area contributed by atoms with Crippen molar-refractivity contribution in [2.45, 2.75) is 32.2 Å². The van der Waals surface area contributed by atoms with E-state index in [1.807, 2.05) is 30.3 Å².